The zero-order chi connectivity index (χ0) is 20.4. The van der Waals surface area contributed by atoms with Crippen LogP contribution >= 0.6 is 23.4 Å². The Morgan fingerprint density at radius 1 is 1.17 bits per heavy atom. The van der Waals surface area contributed by atoms with E-state index in [-0.39, 0.29) is 17.2 Å². The van der Waals surface area contributed by atoms with Gasteiger partial charge in [-0.05, 0) is 49.4 Å². The van der Waals surface area contributed by atoms with Crippen LogP contribution in [0.25, 0.3) is 16.7 Å². The Kier molecular flexibility index (Phi) is 5.42. The molecule has 0 saturated carbocycles. The Balaban J connectivity index is 1.64. The van der Waals surface area contributed by atoms with E-state index in [2.05, 4.69) is 15.3 Å². The Morgan fingerprint density at radius 3 is 2.62 bits per heavy atom. The van der Waals surface area contributed by atoms with Crippen molar-refractivity contribution in [3.8, 4) is 5.69 Å². The molecular weight excluding hydrogens is 408 g/mol. The van der Waals surface area contributed by atoms with Gasteiger partial charge < -0.3 is 10.3 Å². The lowest BCUT2D eigenvalue weighted by Crippen LogP contribution is -2.23. The number of aryl methyl sites for hydroxylation is 1. The molecule has 0 aliphatic rings. The van der Waals surface area contributed by atoms with Gasteiger partial charge in [-0.15, -0.1) is 0 Å². The van der Waals surface area contributed by atoms with Crippen molar-refractivity contribution in [3.63, 3.8) is 0 Å². The largest absolute Gasteiger partial charge is 0.353 e. The van der Waals surface area contributed by atoms with Crippen LogP contribution in [0.4, 0.5) is 5.69 Å². The number of benzene rings is 2. The van der Waals surface area contributed by atoms with Gasteiger partial charge in [-0.2, -0.15) is 0 Å². The standard InChI is InChI=1S/C21H17ClN4O2S/c1-13-11-17-19(23-13)20(28)26(16-5-3-2-4-6-16)21(25-17)29-12-18(27)24-15-9-7-14(22)8-10-15/h2-11,23H,12H2,1H3,(H,24,27). The van der Waals surface area contributed by atoms with Gasteiger partial charge in [0.05, 0.1) is 17.0 Å². The van der Waals surface area contributed by atoms with Gasteiger partial charge in [0.15, 0.2) is 5.16 Å². The molecule has 29 heavy (non-hydrogen) atoms. The number of anilines is 1. The molecule has 0 aliphatic heterocycles. The SMILES string of the molecule is Cc1cc2nc(SCC(=O)Nc3ccc(Cl)cc3)n(-c3ccccc3)c(=O)c2[nH]1. The highest BCUT2D eigenvalue weighted by atomic mass is 35.5. The topological polar surface area (TPSA) is 79.8 Å². The van der Waals surface area contributed by atoms with Crippen molar-refractivity contribution in [2.75, 3.05) is 11.1 Å². The minimum atomic E-state index is -0.199. The van der Waals surface area contributed by atoms with Gasteiger partial charge in [-0.25, -0.2) is 4.98 Å². The van der Waals surface area contributed by atoms with E-state index in [1.165, 1.54) is 16.3 Å². The number of hydrogen-bond acceptors (Lipinski definition) is 4. The number of carbonyl (C=O) groups is 1. The summed E-state index contributed by atoms with van der Waals surface area (Å²) < 4.78 is 1.53. The summed E-state index contributed by atoms with van der Waals surface area (Å²) in [6.45, 7) is 1.88. The number of carbonyl (C=O) groups excluding carboxylic acids is 1. The number of halogens is 1. The predicted molar refractivity (Wildman–Crippen MR) is 117 cm³/mol. The number of fused-ring (bicyclic) bond motifs is 1. The van der Waals surface area contributed by atoms with Crippen LogP contribution in [0.3, 0.4) is 0 Å². The van der Waals surface area contributed by atoms with Gasteiger partial charge in [0.1, 0.15) is 5.52 Å². The maximum absolute atomic E-state index is 13.1. The molecule has 0 aliphatic carbocycles. The molecule has 0 radical (unpaired) electrons. The van der Waals surface area contributed by atoms with Crippen molar-refractivity contribution in [1.29, 1.82) is 0 Å². The highest BCUT2D eigenvalue weighted by Gasteiger charge is 2.16. The number of aromatic amines is 1. The molecule has 8 heteroatoms. The van der Waals surface area contributed by atoms with Crippen LogP contribution in [-0.2, 0) is 4.79 Å². The zero-order valence-corrected chi connectivity index (χ0v) is 17.1. The maximum atomic E-state index is 13.1. The third-order valence-corrected chi connectivity index (χ3v) is 5.42. The number of para-hydroxylation sites is 1. The molecule has 0 fully saturated rings. The molecule has 0 saturated heterocycles. The number of aromatic nitrogens is 3. The molecular formula is C21H17ClN4O2S. The van der Waals surface area contributed by atoms with E-state index in [1.54, 1.807) is 24.3 Å². The minimum absolute atomic E-state index is 0.108. The lowest BCUT2D eigenvalue weighted by molar-refractivity contribution is -0.113. The first-order chi connectivity index (χ1) is 14.0. The van der Waals surface area contributed by atoms with Gasteiger partial charge in [0.25, 0.3) is 5.56 Å². The fourth-order valence-corrected chi connectivity index (χ4v) is 3.88. The molecule has 146 valence electrons. The summed E-state index contributed by atoms with van der Waals surface area (Å²) in [4.78, 5) is 33.2. The van der Waals surface area contributed by atoms with Gasteiger partial charge in [-0.1, -0.05) is 41.6 Å². The summed E-state index contributed by atoms with van der Waals surface area (Å²) >= 11 is 7.08. The summed E-state index contributed by atoms with van der Waals surface area (Å²) in [6, 6.07) is 18.0. The number of nitrogens with zero attached hydrogens (tertiary/aromatic N) is 2. The van der Waals surface area contributed by atoms with Crippen LogP contribution in [0, 0.1) is 6.92 Å². The number of hydrogen-bond donors (Lipinski definition) is 2. The third-order valence-electron chi connectivity index (χ3n) is 4.23. The van der Waals surface area contributed by atoms with E-state index < -0.39 is 0 Å². The summed E-state index contributed by atoms with van der Waals surface area (Å²) in [5.74, 6) is -0.0897. The van der Waals surface area contributed by atoms with E-state index in [4.69, 9.17) is 11.6 Å². The number of H-pyrrole nitrogens is 1. The Hall–Kier alpha value is -3.03. The van der Waals surface area contributed by atoms with Crippen molar-refractivity contribution >= 4 is 46.0 Å². The van der Waals surface area contributed by atoms with Crippen molar-refractivity contribution in [3.05, 3.63) is 81.7 Å². The van der Waals surface area contributed by atoms with Crippen LogP contribution in [-0.4, -0.2) is 26.2 Å². The average Bonchev–Trinajstić information content (AvgIpc) is 3.09. The molecule has 2 aromatic heterocycles. The summed E-state index contributed by atoms with van der Waals surface area (Å²) in [6.07, 6.45) is 0. The Morgan fingerprint density at radius 2 is 1.90 bits per heavy atom. The van der Waals surface area contributed by atoms with E-state index in [9.17, 15) is 9.59 Å². The second-order valence-electron chi connectivity index (χ2n) is 6.43. The summed E-state index contributed by atoms with van der Waals surface area (Å²) in [7, 11) is 0. The average molecular weight is 425 g/mol. The van der Waals surface area contributed by atoms with Crippen molar-refractivity contribution in [2.24, 2.45) is 0 Å². The van der Waals surface area contributed by atoms with E-state index in [0.29, 0.717) is 32.6 Å². The highest BCUT2D eigenvalue weighted by Crippen LogP contribution is 2.22. The molecule has 0 spiro atoms. The molecule has 0 unspecified atom stereocenters. The number of thioether (sulfide) groups is 1. The zero-order valence-electron chi connectivity index (χ0n) is 15.5. The number of rotatable bonds is 5. The van der Waals surface area contributed by atoms with Crippen LogP contribution in [0.1, 0.15) is 5.69 Å². The van der Waals surface area contributed by atoms with Crippen molar-refractivity contribution in [1.82, 2.24) is 14.5 Å². The quantitative estimate of drug-likeness (QED) is 0.367. The maximum Gasteiger partial charge on any atom is 0.283 e. The minimum Gasteiger partial charge on any atom is -0.353 e. The van der Waals surface area contributed by atoms with Gasteiger partial charge in [0.2, 0.25) is 5.91 Å². The third kappa shape index (κ3) is 4.21. The normalized spacial score (nSPS) is 11.0. The van der Waals surface area contributed by atoms with Gasteiger partial charge in [-0.3, -0.25) is 14.2 Å². The van der Waals surface area contributed by atoms with E-state index in [1.807, 2.05) is 43.3 Å². The smallest absolute Gasteiger partial charge is 0.283 e. The second kappa shape index (κ2) is 8.14. The summed E-state index contributed by atoms with van der Waals surface area (Å²) in [5, 5.41) is 3.87. The molecule has 0 bridgehead atoms. The first-order valence-corrected chi connectivity index (χ1v) is 10.2. The van der Waals surface area contributed by atoms with Crippen LogP contribution < -0.4 is 10.9 Å². The lowest BCUT2D eigenvalue weighted by atomic mass is 10.3. The van der Waals surface area contributed by atoms with Crippen LogP contribution in [0.15, 0.2) is 70.6 Å². The van der Waals surface area contributed by atoms with E-state index in [0.717, 1.165) is 5.69 Å². The first kappa shape index (κ1) is 19.3. The highest BCUT2D eigenvalue weighted by molar-refractivity contribution is 7.99. The van der Waals surface area contributed by atoms with Crippen LogP contribution in [0.5, 0.6) is 0 Å². The fourth-order valence-electron chi connectivity index (χ4n) is 2.94. The van der Waals surface area contributed by atoms with Crippen molar-refractivity contribution < 1.29 is 4.79 Å². The lowest BCUT2D eigenvalue weighted by Gasteiger charge is -2.12. The first-order valence-electron chi connectivity index (χ1n) is 8.87. The fraction of sp³-hybridized carbons (Fsp3) is 0.0952. The molecule has 4 rings (SSSR count). The summed E-state index contributed by atoms with van der Waals surface area (Å²) in [5.41, 5.74) is 3.04. The Bertz CT molecular complexity index is 1230. The molecule has 0 atom stereocenters. The second-order valence-corrected chi connectivity index (χ2v) is 7.81. The van der Waals surface area contributed by atoms with Gasteiger partial charge >= 0.3 is 0 Å². The van der Waals surface area contributed by atoms with Crippen molar-refractivity contribution in [2.45, 2.75) is 12.1 Å². The predicted octanol–water partition coefficient (Wildman–Crippen LogP) is 4.41. The molecule has 6 nitrogen and oxygen atoms in total. The van der Waals surface area contributed by atoms with Gasteiger partial charge in [0, 0.05) is 16.4 Å². The monoisotopic (exact) mass is 424 g/mol. The number of nitrogens with one attached hydrogen (secondary N) is 2. The Labute approximate surface area is 175 Å². The van der Waals surface area contributed by atoms with E-state index >= 15 is 0 Å². The molecule has 4 aromatic rings. The number of amides is 1. The molecule has 1 amide bonds. The molecule has 2 heterocycles. The molecule has 2 aromatic carbocycles. The van der Waals surface area contributed by atoms with Crippen LogP contribution in [0.2, 0.25) is 5.02 Å². The molecule has 2 N–H and O–H groups in total.